The number of carbonyl (C=O) groups is 1. The van der Waals surface area contributed by atoms with Gasteiger partial charge in [-0.05, 0) is 12.8 Å². The topological polar surface area (TPSA) is 72.3 Å². The van der Waals surface area contributed by atoms with E-state index in [-0.39, 0.29) is 11.7 Å². The molecule has 0 bridgehead atoms. The van der Waals surface area contributed by atoms with E-state index in [0.29, 0.717) is 0 Å². The first kappa shape index (κ1) is 16.6. The molecular weight excluding hydrogens is 142 g/mol. The van der Waals surface area contributed by atoms with Gasteiger partial charge in [-0.25, -0.2) is 4.79 Å². The molecule has 0 fully saturated rings. The van der Waals surface area contributed by atoms with Crippen molar-refractivity contribution in [2.75, 3.05) is 0 Å². The summed E-state index contributed by atoms with van der Waals surface area (Å²) in [6, 6.07) is 0. The Labute approximate surface area is 68.7 Å². The molecule has 0 saturated carbocycles. The first-order chi connectivity index (χ1) is 4.37. The van der Waals surface area contributed by atoms with Crippen LogP contribution in [0.3, 0.4) is 0 Å². The Morgan fingerprint density at radius 2 is 1.45 bits per heavy atom. The molecule has 0 amide bonds. The number of aliphatic carboxylic acids is 1. The molecule has 0 radical (unpaired) electrons. The largest absolute Gasteiger partial charge is 0.478 e. The van der Waals surface area contributed by atoms with Gasteiger partial charge in [0.2, 0.25) is 0 Å². The molecule has 0 aliphatic heterocycles. The van der Waals surface area contributed by atoms with Gasteiger partial charge in [0.25, 0.3) is 0 Å². The summed E-state index contributed by atoms with van der Waals surface area (Å²) in [6.07, 6.45) is 0. The van der Waals surface area contributed by atoms with Crippen LogP contribution in [0.5, 0.6) is 0 Å². The highest BCUT2D eigenvalue weighted by Gasteiger charge is 1.90. The molecule has 0 rings (SSSR count). The fourth-order valence-corrected chi connectivity index (χ4v) is 0. The van der Waals surface area contributed by atoms with Crippen LogP contribution in [0.4, 0.5) is 0 Å². The summed E-state index contributed by atoms with van der Waals surface area (Å²) in [5, 5.41) is 7.89. The van der Waals surface area contributed by atoms with E-state index in [9.17, 15) is 4.79 Å². The lowest BCUT2D eigenvalue weighted by Gasteiger charge is -1.79. The first-order valence-electron chi connectivity index (χ1n) is 3.26. The van der Waals surface area contributed by atoms with Crippen LogP contribution < -0.4 is 6.15 Å². The fourth-order valence-electron chi connectivity index (χ4n) is 0. The maximum atomic E-state index is 9.60. The lowest BCUT2D eigenvalue weighted by atomic mass is 10.3. The van der Waals surface area contributed by atoms with E-state index in [0.717, 1.165) is 5.92 Å². The van der Waals surface area contributed by atoms with Crippen molar-refractivity contribution >= 4 is 5.97 Å². The van der Waals surface area contributed by atoms with Gasteiger partial charge < -0.3 is 11.3 Å². The minimum atomic E-state index is -0.935. The molecule has 0 saturated heterocycles. The minimum Gasteiger partial charge on any atom is -0.478 e. The van der Waals surface area contributed by atoms with E-state index in [1.54, 1.807) is 0 Å². The number of carboxylic acids is 1. The van der Waals surface area contributed by atoms with Crippen LogP contribution in [-0.4, -0.2) is 11.1 Å². The van der Waals surface area contributed by atoms with Gasteiger partial charge in [0.1, 0.15) is 0 Å². The number of hydrogen-bond acceptors (Lipinski definition) is 2. The van der Waals surface area contributed by atoms with Crippen molar-refractivity contribution < 1.29 is 9.90 Å². The van der Waals surface area contributed by atoms with E-state index in [1.165, 1.54) is 6.92 Å². The average Bonchev–Trinajstić information content (AvgIpc) is 1.63. The predicted octanol–water partition coefficient (Wildman–Crippen LogP) is 2.47. The van der Waals surface area contributed by atoms with Crippen molar-refractivity contribution in [2.45, 2.75) is 27.7 Å². The van der Waals surface area contributed by atoms with Crippen molar-refractivity contribution in [2.24, 2.45) is 5.92 Å². The van der Waals surface area contributed by atoms with Crippen LogP contribution in [0.15, 0.2) is 12.2 Å². The Morgan fingerprint density at radius 3 is 1.45 bits per heavy atom. The van der Waals surface area contributed by atoms with Crippen LogP contribution in [0, 0.1) is 5.92 Å². The van der Waals surface area contributed by atoms with Crippen molar-refractivity contribution in [3.63, 3.8) is 0 Å². The van der Waals surface area contributed by atoms with Gasteiger partial charge in [-0.3, -0.25) is 0 Å². The lowest BCUT2D eigenvalue weighted by molar-refractivity contribution is -0.132. The highest BCUT2D eigenvalue weighted by Crippen LogP contribution is 1.81. The third kappa shape index (κ3) is 46.9. The normalized spacial score (nSPS) is 7.36. The maximum absolute atomic E-state index is 9.60. The highest BCUT2D eigenvalue weighted by molar-refractivity contribution is 5.84. The van der Waals surface area contributed by atoms with Crippen LogP contribution >= 0.6 is 0 Å². The summed E-state index contributed by atoms with van der Waals surface area (Å²) in [6.45, 7) is 11.1. The van der Waals surface area contributed by atoms with Gasteiger partial charge in [0.05, 0.1) is 0 Å². The van der Waals surface area contributed by atoms with Crippen LogP contribution in [0.25, 0.3) is 0 Å². The molecule has 3 heteroatoms. The summed E-state index contributed by atoms with van der Waals surface area (Å²) in [4.78, 5) is 9.60. The zero-order valence-corrected chi connectivity index (χ0v) is 7.85. The Bertz CT molecular complexity index is 105. The predicted molar refractivity (Wildman–Crippen MR) is 48.0 cm³/mol. The zero-order valence-electron chi connectivity index (χ0n) is 7.85. The van der Waals surface area contributed by atoms with E-state index < -0.39 is 5.97 Å². The second-order valence-corrected chi connectivity index (χ2v) is 2.82. The van der Waals surface area contributed by atoms with Crippen LogP contribution in [0.2, 0.25) is 0 Å². The monoisotopic (exact) mass is 161 g/mol. The van der Waals surface area contributed by atoms with E-state index >= 15 is 0 Å². The standard InChI is InChI=1S/C4H6O2.C4H10.H3N/c1-3(2)4(5)6;1-4(2)3;/h1H2,2H3,(H,5,6);4H,1-3H3;1H3. The molecule has 0 aromatic rings. The third-order valence-corrected chi connectivity index (χ3v) is 0.365. The first-order valence-corrected chi connectivity index (χ1v) is 3.26. The van der Waals surface area contributed by atoms with Crippen molar-refractivity contribution in [3.05, 3.63) is 12.2 Å². The van der Waals surface area contributed by atoms with Crippen molar-refractivity contribution in [3.8, 4) is 0 Å². The third-order valence-electron chi connectivity index (χ3n) is 0.365. The molecule has 0 aromatic carbocycles. The van der Waals surface area contributed by atoms with Gasteiger partial charge in [-0.1, -0.05) is 27.4 Å². The average molecular weight is 161 g/mol. The zero-order chi connectivity index (χ0) is 8.73. The Morgan fingerprint density at radius 1 is 1.36 bits per heavy atom. The number of rotatable bonds is 1. The molecule has 4 N–H and O–H groups in total. The van der Waals surface area contributed by atoms with Gasteiger partial charge in [-0.2, -0.15) is 0 Å². The molecule has 3 nitrogen and oxygen atoms in total. The molecule has 11 heavy (non-hydrogen) atoms. The molecule has 0 heterocycles. The smallest absolute Gasteiger partial charge is 0.330 e. The highest BCUT2D eigenvalue weighted by atomic mass is 16.4. The lowest BCUT2D eigenvalue weighted by Crippen LogP contribution is -1.92. The van der Waals surface area contributed by atoms with E-state index in [2.05, 4.69) is 27.4 Å². The molecule has 0 unspecified atom stereocenters. The van der Waals surface area contributed by atoms with Gasteiger partial charge in [0, 0.05) is 5.57 Å². The van der Waals surface area contributed by atoms with Crippen molar-refractivity contribution in [1.29, 1.82) is 0 Å². The Balaban J connectivity index is -0.000000114. The molecule has 0 aromatic heterocycles. The van der Waals surface area contributed by atoms with Crippen LogP contribution in [-0.2, 0) is 4.79 Å². The van der Waals surface area contributed by atoms with E-state index in [4.69, 9.17) is 5.11 Å². The summed E-state index contributed by atoms with van der Waals surface area (Å²) in [5.74, 6) is -0.102. The molecule has 0 spiro atoms. The summed E-state index contributed by atoms with van der Waals surface area (Å²) in [5.41, 5.74) is 0.176. The Hall–Kier alpha value is -0.830. The second-order valence-electron chi connectivity index (χ2n) is 2.82. The fraction of sp³-hybridized carbons (Fsp3) is 0.625. The van der Waals surface area contributed by atoms with Gasteiger partial charge >= 0.3 is 5.97 Å². The number of carboxylic acid groups (broad SMARTS) is 1. The van der Waals surface area contributed by atoms with E-state index in [1.807, 2.05) is 0 Å². The van der Waals surface area contributed by atoms with Crippen molar-refractivity contribution in [1.82, 2.24) is 6.15 Å². The molecular formula is C8H19NO2. The molecule has 0 aliphatic rings. The van der Waals surface area contributed by atoms with Gasteiger partial charge in [0.15, 0.2) is 0 Å². The van der Waals surface area contributed by atoms with Crippen LogP contribution in [0.1, 0.15) is 27.7 Å². The number of hydrogen-bond donors (Lipinski definition) is 2. The molecule has 68 valence electrons. The Kier molecular flexibility index (Phi) is 13.9. The molecule has 0 atom stereocenters. The SMILES string of the molecule is C=C(C)C(=O)O.CC(C)C.N. The second kappa shape index (κ2) is 9.17. The van der Waals surface area contributed by atoms with Gasteiger partial charge in [-0.15, -0.1) is 0 Å². The summed E-state index contributed by atoms with van der Waals surface area (Å²) < 4.78 is 0. The summed E-state index contributed by atoms with van der Waals surface area (Å²) in [7, 11) is 0. The minimum absolute atomic E-state index is 0. The molecule has 0 aliphatic carbocycles. The summed E-state index contributed by atoms with van der Waals surface area (Å²) >= 11 is 0. The maximum Gasteiger partial charge on any atom is 0.330 e. The quantitative estimate of drug-likeness (QED) is 0.580.